The zero-order valence-corrected chi connectivity index (χ0v) is 12.2. The van der Waals surface area contributed by atoms with Crippen molar-refractivity contribution < 1.29 is 4.79 Å². The predicted molar refractivity (Wildman–Crippen MR) is 86.1 cm³/mol. The Hall–Kier alpha value is -2.13. The normalized spacial score (nSPS) is 21.2. The van der Waals surface area contributed by atoms with Crippen molar-refractivity contribution in [2.75, 3.05) is 11.9 Å². The fraction of sp³-hybridized carbons (Fsp3) is 0.278. The van der Waals surface area contributed by atoms with E-state index in [-0.39, 0.29) is 5.91 Å². The third-order valence-electron chi connectivity index (χ3n) is 4.12. The first-order chi connectivity index (χ1) is 10.2. The molecule has 0 spiro atoms. The van der Waals surface area contributed by atoms with Crippen LogP contribution in [0.4, 0.5) is 5.69 Å². The first-order valence-electron chi connectivity index (χ1n) is 7.39. The van der Waals surface area contributed by atoms with Crippen molar-refractivity contribution in [1.29, 1.82) is 0 Å². The number of anilines is 1. The molecule has 0 bridgehead atoms. The molecule has 3 rings (SSSR count). The van der Waals surface area contributed by atoms with Crippen molar-refractivity contribution in [1.82, 2.24) is 5.32 Å². The van der Waals surface area contributed by atoms with Gasteiger partial charge in [0.1, 0.15) is 0 Å². The van der Waals surface area contributed by atoms with Crippen LogP contribution in [-0.2, 0) is 4.79 Å². The molecule has 1 amide bonds. The molecule has 2 aromatic rings. The second kappa shape index (κ2) is 5.70. The monoisotopic (exact) mass is 280 g/mol. The van der Waals surface area contributed by atoms with Gasteiger partial charge in [0.05, 0.1) is 5.54 Å². The summed E-state index contributed by atoms with van der Waals surface area (Å²) < 4.78 is 0. The summed E-state index contributed by atoms with van der Waals surface area (Å²) in [4.78, 5) is 12.3. The van der Waals surface area contributed by atoms with Crippen LogP contribution in [0.15, 0.2) is 54.6 Å². The van der Waals surface area contributed by atoms with Crippen LogP contribution >= 0.6 is 0 Å². The number of amides is 1. The Kier molecular flexibility index (Phi) is 3.76. The van der Waals surface area contributed by atoms with Gasteiger partial charge >= 0.3 is 0 Å². The maximum Gasteiger partial charge on any atom is 0.244 e. The largest absolute Gasteiger partial charge is 0.324 e. The van der Waals surface area contributed by atoms with Gasteiger partial charge in [0.25, 0.3) is 0 Å². The van der Waals surface area contributed by atoms with Gasteiger partial charge in [-0.1, -0.05) is 42.5 Å². The molecule has 21 heavy (non-hydrogen) atoms. The lowest BCUT2D eigenvalue weighted by Crippen LogP contribution is -2.47. The van der Waals surface area contributed by atoms with Crippen LogP contribution in [0.1, 0.15) is 19.8 Å². The molecule has 0 aliphatic carbocycles. The van der Waals surface area contributed by atoms with E-state index in [0.717, 1.165) is 30.6 Å². The van der Waals surface area contributed by atoms with E-state index >= 15 is 0 Å². The van der Waals surface area contributed by atoms with E-state index in [1.807, 2.05) is 49.4 Å². The smallest absolute Gasteiger partial charge is 0.244 e. The summed E-state index contributed by atoms with van der Waals surface area (Å²) in [5.74, 6) is 0.0486. The highest BCUT2D eigenvalue weighted by Crippen LogP contribution is 2.23. The number of hydrogen-bond donors (Lipinski definition) is 2. The first-order valence-corrected chi connectivity index (χ1v) is 7.39. The van der Waals surface area contributed by atoms with E-state index < -0.39 is 5.54 Å². The number of nitrogens with one attached hydrogen (secondary N) is 2. The Balaban J connectivity index is 1.72. The van der Waals surface area contributed by atoms with Gasteiger partial charge in [0.2, 0.25) is 5.91 Å². The Bertz CT molecular complexity index is 613. The fourth-order valence-electron chi connectivity index (χ4n) is 2.73. The molecule has 2 aromatic carbocycles. The fourth-order valence-corrected chi connectivity index (χ4v) is 2.73. The zero-order valence-electron chi connectivity index (χ0n) is 12.2. The number of benzene rings is 2. The van der Waals surface area contributed by atoms with Crippen LogP contribution in [0, 0.1) is 0 Å². The predicted octanol–water partition coefficient (Wildman–Crippen LogP) is 3.43. The number of carbonyl (C=O) groups excluding carboxylic acids is 1. The number of carbonyl (C=O) groups is 1. The second-order valence-corrected chi connectivity index (χ2v) is 5.76. The lowest BCUT2D eigenvalue weighted by atomic mass is 9.99. The molecule has 1 saturated heterocycles. The van der Waals surface area contributed by atoms with E-state index in [4.69, 9.17) is 0 Å². The average molecular weight is 280 g/mol. The minimum atomic E-state index is -0.432. The summed E-state index contributed by atoms with van der Waals surface area (Å²) in [7, 11) is 0. The van der Waals surface area contributed by atoms with Gasteiger partial charge < -0.3 is 10.6 Å². The van der Waals surface area contributed by atoms with Crippen molar-refractivity contribution in [2.24, 2.45) is 0 Å². The highest BCUT2D eigenvalue weighted by Gasteiger charge is 2.35. The number of rotatable bonds is 3. The van der Waals surface area contributed by atoms with Gasteiger partial charge in [-0.25, -0.2) is 0 Å². The Morgan fingerprint density at radius 1 is 1.05 bits per heavy atom. The van der Waals surface area contributed by atoms with Crippen LogP contribution in [0.5, 0.6) is 0 Å². The van der Waals surface area contributed by atoms with Crippen molar-refractivity contribution in [2.45, 2.75) is 25.3 Å². The minimum Gasteiger partial charge on any atom is -0.324 e. The van der Waals surface area contributed by atoms with Crippen molar-refractivity contribution in [3.63, 3.8) is 0 Å². The topological polar surface area (TPSA) is 41.1 Å². The number of hydrogen-bond acceptors (Lipinski definition) is 2. The van der Waals surface area contributed by atoms with E-state index in [2.05, 4.69) is 22.8 Å². The minimum absolute atomic E-state index is 0.0486. The summed E-state index contributed by atoms with van der Waals surface area (Å²) in [5.41, 5.74) is 2.74. The molecular weight excluding hydrogens is 260 g/mol. The maximum absolute atomic E-state index is 12.3. The highest BCUT2D eigenvalue weighted by atomic mass is 16.2. The van der Waals surface area contributed by atoms with Crippen molar-refractivity contribution in [3.05, 3.63) is 54.6 Å². The summed E-state index contributed by atoms with van der Waals surface area (Å²) in [6, 6.07) is 18.2. The molecule has 1 heterocycles. The zero-order chi connectivity index (χ0) is 14.7. The summed E-state index contributed by atoms with van der Waals surface area (Å²) >= 11 is 0. The standard InChI is InChI=1S/C18H20N2O/c1-18(12-5-13-19-18)17(21)20-16-10-8-15(9-11-16)14-6-3-2-4-7-14/h2-4,6-11,19H,5,12-13H2,1H3,(H,20,21). The van der Waals surface area contributed by atoms with Crippen LogP contribution in [0.3, 0.4) is 0 Å². The Morgan fingerprint density at radius 2 is 1.71 bits per heavy atom. The maximum atomic E-state index is 12.3. The van der Waals surface area contributed by atoms with Gasteiger partial charge in [-0.15, -0.1) is 0 Å². The molecule has 3 heteroatoms. The second-order valence-electron chi connectivity index (χ2n) is 5.76. The van der Waals surface area contributed by atoms with Gasteiger partial charge in [-0.05, 0) is 49.6 Å². The molecule has 2 N–H and O–H groups in total. The van der Waals surface area contributed by atoms with E-state index in [9.17, 15) is 4.79 Å². The lowest BCUT2D eigenvalue weighted by molar-refractivity contribution is -0.121. The third kappa shape index (κ3) is 2.98. The van der Waals surface area contributed by atoms with Crippen molar-refractivity contribution >= 4 is 11.6 Å². The molecule has 1 aliphatic heterocycles. The highest BCUT2D eigenvalue weighted by molar-refractivity contribution is 5.98. The third-order valence-corrected chi connectivity index (χ3v) is 4.12. The van der Waals surface area contributed by atoms with Crippen LogP contribution in [0.25, 0.3) is 11.1 Å². The molecule has 1 atom stereocenters. The van der Waals surface area contributed by atoms with E-state index in [1.54, 1.807) is 0 Å². The molecular formula is C18H20N2O. The van der Waals surface area contributed by atoms with Gasteiger partial charge in [0.15, 0.2) is 0 Å². The molecule has 1 unspecified atom stereocenters. The van der Waals surface area contributed by atoms with Gasteiger partial charge in [-0.2, -0.15) is 0 Å². The molecule has 3 nitrogen and oxygen atoms in total. The van der Waals surface area contributed by atoms with Gasteiger partial charge in [0, 0.05) is 5.69 Å². The van der Waals surface area contributed by atoms with E-state index in [1.165, 1.54) is 5.56 Å². The van der Waals surface area contributed by atoms with Crippen LogP contribution < -0.4 is 10.6 Å². The molecule has 108 valence electrons. The van der Waals surface area contributed by atoms with Crippen LogP contribution in [0.2, 0.25) is 0 Å². The van der Waals surface area contributed by atoms with Gasteiger partial charge in [-0.3, -0.25) is 4.79 Å². The molecule has 0 aromatic heterocycles. The van der Waals surface area contributed by atoms with Crippen molar-refractivity contribution in [3.8, 4) is 11.1 Å². The van der Waals surface area contributed by atoms with Crippen LogP contribution in [-0.4, -0.2) is 18.0 Å². The Labute approximate surface area is 125 Å². The SMILES string of the molecule is CC1(C(=O)Nc2ccc(-c3ccccc3)cc2)CCCN1. The Morgan fingerprint density at radius 3 is 2.33 bits per heavy atom. The molecule has 1 fully saturated rings. The quantitative estimate of drug-likeness (QED) is 0.904. The summed E-state index contributed by atoms with van der Waals surface area (Å²) in [6.07, 6.45) is 1.94. The average Bonchev–Trinajstić information content (AvgIpc) is 2.97. The summed E-state index contributed by atoms with van der Waals surface area (Å²) in [6.45, 7) is 2.88. The first kappa shape index (κ1) is 13.8. The molecule has 0 radical (unpaired) electrons. The lowest BCUT2D eigenvalue weighted by Gasteiger charge is -2.23. The summed E-state index contributed by atoms with van der Waals surface area (Å²) in [5, 5.41) is 6.28. The van der Waals surface area contributed by atoms with E-state index in [0.29, 0.717) is 0 Å². The molecule has 0 saturated carbocycles. The molecule has 1 aliphatic rings.